The van der Waals surface area contributed by atoms with Gasteiger partial charge in [-0.15, -0.1) is 0 Å². The highest BCUT2D eigenvalue weighted by Crippen LogP contribution is 2.19. The molecule has 0 aromatic heterocycles. The first-order chi connectivity index (χ1) is 9.09. The molecule has 7 heteroatoms. The standard InChI is InChI=1S/C13H25N3O4/c1-6-7-14-9(17)8-16(5)12(20)15-10(11(18)19)13(2,3)4/h10H,6-8H2,1-5H3,(H,14,17)(H,15,20)(H,18,19)/t10-/m1/s1. The Kier molecular flexibility index (Phi) is 7.02. The van der Waals surface area contributed by atoms with Crippen molar-refractivity contribution in [2.45, 2.75) is 40.2 Å². The number of aliphatic carboxylic acids is 1. The lowest BCUT2D eigenvalue weighted by Crippen LogP contribution is -2.53. The maximum atomic E-state index is 11.9. The maximum absolute atomic E-state index is 11.9. The van der Waals surface area contributed by atoms with Gasteiger partial charge in [-0.1, -0.05) is 27.7 Å². The molecule has 3 amide bonds. The van der Waals surface area contributed by atoms with Gasteiger partial charge in [0.15, 0.2) is 0 Å². The van der Waals surface area contributed by atoms with Gasteiger partial charge >= 0.3 is 12.0 Å². The van der Waals surface area contributed by atoms with E-state index >= 15 is 0 Å². The predicted octanol–water partition coefficient (Wildman–Crippen LogP) is 0.653. The molecule has 0 heterocycles. The number of hydrogen-bond acceptors (Lipinski definition) is 3. The molecule has 0 saturated heterocycles. The molecule has 0 fully saturated rings. The van der Waals surface area contributed by atoms with Crippen molar-refractivity contribution >= 4 is 17.9 Å². The Morgan fingerprint density at radius 1 is 1.25 bits per heavy atom. The number of carbonyl (C=O) groups is 3. The summed E-state index contributed by atoms with van der Waals surface area (Å²) in [5, 5.41) is 14.2. The third-order valence-corrected chi connectivity index (χ3v) is 2.68. The second-order valence-electron chi connectivity index (χ2n) is 5.79. The van der Waals surface area contributed by atoms with Crippen LogP contribution in [0.2, 0.25) is 0 Å². The Labute approximate surface area is 119 Å². The molecule has 1 atom stereocenters. The van der Waals surface area contributed by atoms with E-state index in [2.05, 4.69) is 10.6 Å². The zero-order valence-corrected chi connectivity index (χ0v) is 12.8. The van der Waals surface area contributed by atoms with Gasteiger partial charge in [0.25, 0.3) is 0 Å². The lowest BCUT2D eigenvalue weighted by Gasteiger charge is -2.29. The van der Waals surface area contributed by atoms with Crippen LogP contribution in [-0.4, -0.2) is 54.1 Å². The number of likely N-dealkylation sites (N-methyl/N-ethyl adjacent to an activating group) is 1. The lowest BCUT2D eigenvalue weighted by atomic mass is 9.87. The topological polar surface area (TPSA) is 98.7 Å². The van der Waals surface area contributed by atoms with Gasteiger partial charge in [-0.2, -0.15) is 0 Å². The summed E-state index contributed by atoms with van der Waals surface area (Å²) in [5.41, 5.74) is -0.618. The average Bonchev–Trinajstić information content (AvgIpc) is 2.30. The number of nitrogens with one attached hydrogen (secondary N) is 2. The van der Waals surface area contributed by atoms with E-state index in [1.807, 2.05) is 6.92 Å². The highest BCUT2D eigenvalue weighted by Gasteiger charge is 2.33. The average molecular weight is 287 g/mol. The SMILES string of the molecule is CCCNC(=O)CN(C)C(=O)N[C@H](C(=O)O)C(C)(C)C. The Hall–Kier alpha value is -1.79. The van der Waals surface area contributed by atoms with Crippen molar-refractivity contribution in [3.63, 3.8) is 0 Å². The third-order valence-electron chi connectivity index (χ3n) is 2.68. The highest BCUT2D eigenvalue weighted by atomic mass is 16.4. The van der Waals surface area contributed by atoms with Crippen LogP contribution in [0.25, 0.3) is 0 Å². The summed E-state index contributed by atoms with van der Waals surface area (Å²) in [4.78, 5) is 35.7. The van der Waals surface area contributed by atoms with E-state index < -0.39 is 23.5 Å². The minimum Gasteiger partial charge on any atom is -0.480 e. The Morgan fingerprint density at radius 2 is 1.80 bits per heavy atom. The van der Waals surface area contributed by atoms with Gasteiger partial charge in [-0.25, -0.2) is 9.59 Å². The van der Waals surface area contributed by atoms with Gasteiger partial charge in [0.2, 0.25) is 5.91 Å². The predicted molar refractivity (Wildman–Crippen MR) is 75.3 cm³/mol. The molecule has 0 bridgehead atoms. The number of amides is 3. The minimum absolute atomic E-state index is 0.109. The summed E-state index contributed by atoms with van der Waals surface area (Å²) in [6, 6.07) is -1.60. The van der Waals surface area contributed by atoms with E-state index in [4.69, 9.17) is 5.11 Å². The van der Waals surface area contributed by atoms with Crippen LogP contribution in [0, 0.1) is 5.41 Å². The molecule has 116 valence electrons. The highest BCUT2D eigenvalue weighted by molar-refractivity contribution is 5.86. The van der Waals surface area contributed by atoms with E-state index in [1.54, 1.807) is 20.8 Å². The second-order valence-corrected chi connectivity index (χ2v) is 5.79. The van der Waals surface area contributed by atoms with E-state index in [0.29, 0.717) is 6.54 Å². The van der Waals surface area contributed by atoms with Crippen LogP contribution in [0.4, 0.5) is 4.79 Å². The van der Waals surface area contributed by atoms with Crippen molar-refractivity contribution in [3.05, 3.63) is 0 Å². The number of carboxylic acids is 1. The van der Waals surface area contributed by atoms with E-state index in [9.17, 15) is 14.4 Å². The Morgan fingerprint density at radius 3 is 2.20 bits per heavy atom. The molecule has 0 aromatic rings. The van der Waals surface area contributed by atoms with Gasteiger partial charge in [-0.05, 0) is 11.8 Å². The monoisotopic (exact) mass is 287 g/mol. The fourth-order valence-corrected chi connectivity index (χ4v) is 1.49. The van der Waals surface area contributed by atoms with Gasteiger partial charge in [0, 0.05) is 13.6 Å². The zero-order chi connectivity index (χ0) is 15.9. The minimum atomic E-state index is -1.10. The lowest BCUT2D eigenvalue weighted by molar-refractivity contribution is -0.142. The van der Waals surface area contributed by atoms with E-state index in [0.717, 1.165) is 11.3 Å². The molecular weight excluding hydrogens is 262 g/mol. The maximum Gasteiger partial charge on any atom is 0.326 e. The molecule has 0 aliphatic heterocycles. The van der Waals surface area contributed by atoms with Crippen molar-refractivity contribution in [1.29, 1.82) is 0 Å². The van der Waals surface area contributed by atoms with Crippen LogP contribution in [0.3, 0.4) is 0 Å². The first-order valence-electron chi connectivity index (χ1n) is 6.60. The number of nitrogens with zero attached hydrogens (tertiary/aromatic N) is 1. The molecule has 0 saturated carbocycles. The van der Waals surface area contributed by atoms with E-state index in [-0.39, 0.29) is 12.5 Å². The largest absolute Gasteiger partial charge is 0.480 e. The summed E-state index contributed by atoms with van der Waals surface area (Å²) >= 11 is 0. The molecule has 0 aliphatic rings. The van der Waals surface area contributed by atoms with Crippen LogP contribution < -0.4 is 10.6 Å². The molecule has 0 aliphatic carbocycles. The zero-order valence-electron chi connectivity index (χ0n) is 12.8. The van der Waals surface area contributed by atoms with Crippen LogP contribution in [0.5, 0.6) is 0 Å². The number of carbonyl (C=O) groups excluding carboxylic acids is 2. The van der Waals surface area contributed by atoms with Crippen LogP contribution in [-0.2, 0) is 9.59 Å². The molecule has 0 spiro atoms. The molecule has 3 N–H and O–H groups in total. The van der Waals surface area contributed by atoms with Gasteiger partial charge < -0.3 is 20.6 Å². The first kappa shape index (κ1) is 18.2. The summed E-state index contributed by atoms with van der Waals surface area (Å²) < 4.78 is 0. The molecule has 0 unspecified atom stereocenters. The third kappa shape index (κ3) is 6.40. The van der Waals surface area contributed by atoms with Crippen molar-refractivity contribution in [2.75, 3.05) is 20.1 Å². The van der Waals surface area contributed by atoms with Crippen molar-refractivity contribution in [1.82, 2.24) is 15.5 Å². The quantitative estimate of drug-likeness (QED) is 0.668. The summed E-state index contributed by atoms with van der Waals surface area (Å²) in [7, 11) is 1.45. The molecule has 0 rings (SSSR count). The Bertz CT molecular complexity index is 363. The number of rotatable bonds is 6. The smallest absolute Gasteiger partial charge is 0.326 e. The molecular formula is C13H25N3O4. The van der Waals surface area contributed by atoms with Crippen molar-refractivity contribution in [3.8, 4) is 0 Å². The second kappa shape index (κ2) is 7.72. The van der Waals surface area contributed by atoms with Crippen LogP contribution >= 0.6 is 0 Å². The molecule has 20 heavy (non-hydrogen) atoms. The van der Waals surface area contributed by atoms with E-state index in [1.165, 1.54) is 7.05 Å². The molecule has 0 aromatic carbocycles. The van der Waals surface area contributed by atoms with Crippen molar-refractivity contribution < 1.29 is 19.5 Å². The number of hydrogen-bond donors (Lipinski definition) is 3. The number of carboxylic acid groups (broad SMARTS) is 1. The molecule has 0 radical (unpaired) electrons. The van der Waals surface area contributed by atoms with Gasteiger partial charge in [-0.3, -0.25) is 4.79 Å². The molecule has 7 nitrogen and oxygen atoms in total. The fourth-order valence-electron chi connectivity index (χ4n) is 1.49. The van der Waals surface area contributed by atoms with Crippen molar-refractivity contribution in [2.24, 2.45) is 5.41 Å². The summed E-state index contributed by atoms with van der Waals surface area (Å²) in [6.07, 6.45) is 0.812. The van der Waals surface area contributed by atoms with Gasteiger partial charge in [0.05, 0.1) is 0 Å². The summed E-state index contributed by atoms with van der Waals surface area (Å²) in [6.45, 7) is 7.54. The van der Waals surface area contributed by atoms with Crippen LogP contribution in [0.15, 0.2) is 0 Å². The van der Waals surface area contributed by atoms with Crippen LogP contribution in [0.1, 0.15) is 34.1 Å². The Balaban J connectivity index is 4.51. The normalized spacial score (nSPS) is 12.4. The fraction of sp³-hybridized carbons (Fsp3) is 0.769. The van der Waals surface area contributed by atoms with Gasteiger partial charge in [0.1, 0.15) is 12.6 Å². The number of urea groups is 1. The first-order valence-corrected chi connectivity index (χ1v) is 6.60. The summed E-state index contributed by atoms with van der Waals surface area (Å²) in [5.74, 6) is -1.37.